The normalized spacial score (nSPS) is 9.36. The van der Waals surface area contributed by atoms with Crippen LogP contribution in [-0.2, 0) is 4.79 Å². The van der Waals surface area contributed by atoms with Crippen LogP contribution in [0.5, 0.6) is 0 Å². The van der Waals surface area contributed by atoms with E-state index in [1.54, 1.807) is 0 Å². The third-order valence-electron chi connectivity index (χ3n) is 1.41. The van der Waals surface area contributed by atoms with E-state index in [1.165, 1.54) is 24.4 Å². The van der Waals surface area contributed by atoms with Gasteiger partial charge in [0.05, 0.1) is 11.9 Å². The van der Waals surface area contributed by atoms with Crippen LogP contribution in [0.3, 0.4) is 0 Å². The summed E-state index contributed by atoms with van der Waals surface area (Å²) in [6.07, 6.45) is 2.73. The van der Waals surface area contributed by atoms with Gasteiger partial charge >= 0.3 is 0 Å². The summed E-state index contributed by atoms with van der Waals surface area (Å²) < 4.78 is 12.4. The standard InChI is InChI=1S/C10H11FN2O/c1-7(2)5-10(14)13-8-3-4-9(11)12-6-8/h3-6H,1-2H3,(H,13,14). The minimum absolute atomic E-state index is 0.238. The fourth-order valence-electron chi connectivity index (χ4n) is 0.890. The number of nitrogens with one attached hydrogen (secondary N) is 1. The molecule has 74 valence electrons. The predicted octanol–water partition coefficient (Wildman–Crippen LogP) is 2.13. The number of hydrogen-bond acceptors (Lipinski definition) is 2. The number of rotatable bonds is 2. The second-order valence-electron chi connectivity index (χ2n) is 3.08. The molecule has 0 aliphatic heterocycles. The van der Waals surface area contributed by atoms with Gasteiger partial charge in [0.15, 0.2) is 0 Å². The monoisotopic (exact) mass is 194 g/mol. The van der Waals surface area contributed by atoms with Crippen LogP contribution in [0.4, 0.5) is 10.1 Å². The van der Waals surface area contributed by atoms with Crippen LogP contribution in [-0.4, -0.2) is 10.9 Å². The lowest BCUT2D eigenvalue weighted by molar-refractivity contribution is -0.111. The molecule has 1 amide bonds. The molecule has 1 aromatic heterocycles. The highest BCUT2D eigenvalue weighted by Gasteiger charge is 1.98. The van der Waals surface area contributed by atoms with Gasteiger partial charge in [-0.1, -0.05) is 5.57 Å². The molecule has 1 N–H and O–H groups in total. The fraction of sp³-hybridized carbons (Fsp3) is 0.200. The van der Waals surface area contributed by atoms with Crippen molar-refractivity contribution in [2.75, 3.05) is 5.32 Å². The minimum atomic E-state index is -0.565. The average molecular weight is 194 g/mol. The lowest BCUT2D eigenvalue weighted by atomic mass is 10.3. The molecule has 0 saturated carbocycles. The van der Waals surface area contributed by atoms with Crippen LogP contribution in [0, 0.1) is 5.95 Å². The zero-order valence-electron chi connectivity index (χ0n) is 8.04. The summed E-state index contributed by atoms with van der Waals surface area (Å²) >= 11 is 0. The first-order chi connectivity index (χ1) is 6.58. The molecule has 4 heteroatoms. The minimum Gasteiger partial charge on any atom is -0.321 e. The number of aromatic nitrogens is 1. The van der Waals surface area contributed by atoms with E-state index in [1.807, 2.05) is 13.8 Å². The Morgan fingerprint density at radius 3 is 2.71 bits per heavy atom. The Morgan fingerprint density at radius 2 is 2.21 bits per heavy atom. The molecule has 0 fully saturated rings. The second kappa shape index (κ2) is 4.50. The number of carbonyl (C=O) groups excluding carboxylic acids is 1. The highest BCUT2D eigenvalue weighted by Crippen LogP contribution is 2.05. The molecular formula is C10H11FN2O. The van der Waals surface area contributed by atoms with E-state index in [9.17, 15) is 9.18 Å². The first kappa shape index (κ1) is 10.4. The Kier molecular flexibility index (Phi) is 3.34. The zero-order valence-corrected chi connectivity index (χ0v) is 8.04. The molecule has 3 nitrogen and oxygen atoms in total. The molecule has 0 bridgehead atoms. The maximum absolute atomic E-state index is 12.4. The van der Waals surface area contributed by atoms with Gasteiger partial charge in [0.2, 0.25) is 11.9 Å². The molecular weight excluding hydrogens is 183 g/mol. The number of allylic oxidation sites excluding steroid dienone is 1. The van der Waals surface area contributed by atoms with Crippen LogP contribution >= 0.6 is 0 Å². The Hall–Kier alpha value is -1.71. The first-order valence-electron chi connectivity index (χ1n) is 4.15. The van der Waals surface area contributed by atoms with Crippen molar-refractivity contribution in [2.45, 2.75) is 13.8 Å². The van der Waals surface area contributed by atoms with Gasteiger partial charge in [-0.05, 0) is 26.0 Å². The zero-order chi connectivity index (χ0) is 10.6. The molecule has 0 aromatic carbocycles. The van der Waals surface area contributed by atoms with Gasteiger partial charge in [-0.15, -0.1) is 0 Å². The van der Waals surface area contributed by atoms with Crippen molar-refractivity contribution in [3.8, 4) is 0 Å². The largest absolute Gasteiger partial charge is 0.321 e. The summed E-state index contributed by atoms with van der Waals surface area (Å²) in [7, 11) is 0. The third-order valence-corrected chi connectivity index (χ3v) is 1.41. The number of amides is 1. The quantitative estimate of drug-likeness (QED) is 0.578. The number of anilines is 1. The summed E-state index contributed by atoms with van der Waals surface area (Å²) in [5.74, 6) is -0.802. The lowest BCUT2D eigenvalue weighted by Gasteiger charge is -2.00. The van der Waals surface area contributed by atoms with E-state index in [2.05, 4.69) is 10.3 Å². The van der Waals surface area contributed by atoms with E-state index in [0.29, 0.717) is 5.69 Å². The van der Waals surface area contributed by atoms with Gasteiger partial charge in [-0.3, -0.25) is 4.79 Å². The number of hydrogen-bond donors (Lipinski definition) is 1. The summed E-state index contributed by atoms with van der Waals surface area (Å²) in [4.78, 5) is 14.6. The van der Waals surface area contributed by atoms with E-state index >= 15 is 0 Å². The van der Waals surface area contributed by atoms with Gasteiger partial charge in [-0.25, -0.2) is 4.98 Å². The van der Waals surface area contributed by atoms with Crippen molar-refractivity contribution >= 4 is 11.6 Å². The molecule has 0 saturated heterocycles. The molecule has 0 atom stereocenters. The highest BCUT2D eigenvalue weighted by molar-refractivity contribution is 5.99. The average Bonchev–Trinajstić information content (AvgIpc) is 2.07. The van der Waals surface area contributed by atoms with E-state index in [-0.39, 0.29) is 5.91 Å². The van der Waals surface area contributed by atoms with Crippen molar-refractivity contribution in [1.29, 1.82) is 0 Å². The molecule has 0 spiro atoms. The molecule has 0 unspecified atom stereocenters. The van der Waals surface area contributed by atoms with Crippen LogP contribution in [0.2, 0.25) is 0 Å². The van der Waals surface area contributed by atoms with Crippen molar-refractivity contribution in [3.05, 3.63) is 35.9 Å². The Balaban J connectivity index is 2.66. The van der Waals surface area contributed by atoms with Gasteiger partial charge < -0.3 is 5.32 Å². The SMILES string of the molecule is CC(C)=CC(=O)Nc1ccc(F)nc1. The van der Waals surface area contributed by atoms with Crippen molar-refractivity contribution < 1.29 is 9.18 Å². The Bertz CT molecular complexity index is 353. The number of carbonyl (C=O) groups is 1. The highest BCUT2D eigenvalue weighted by atomic mass is 19.1. The molecule has 1 aromatic rings. The van der Waals surface area contributed by atoms with Crippen LogP contribution in [0.25, 0.3) is 0 Å². The Labute approximate surface area is 81.7 Å². The van der Waals surface area contributed by atoms with Crippen LogP contribution in [0.15, 0.2) is 30.0 Å². The van der Waals surface area contributed by atoms with Gasteiger partial charge in [0, 0.05) is 6.08 Å². The summed E-state index contributed by atoms with van der Waals surface area (Å²) in [6, 6.07) is 2.65. The van der Waals surface area contributed by atoms with Gasteiger partial charge in [0.25, 0.3) is 0 Å². The van der Waals surface area contributed by atoms with Gasteiger partial charge in [0.1, 0.15) is 0 Å². The van der Waals surface area contributed by atoms with E-state index < -0.39 is 5.95 Å². The summed E-state index contributed by atoms with van der Waals surface area (Å²) in [5, 5.41) is 2.56. The maximum Gasteiger partial charge on any atom is 0.248 e. The lowest BCUT2D eigenvalue weighted by Crippen LogP contribution is -2.08. The maximum atomic E-state index is 12.4. The number of nitrogens with zero attached hydrogens (tertiary/aromatic N) is 1. The molecule has 1 rings (SSSR count). The third kappa shape index (κ3) is 3.35. The van der Waals surface area contributed by atoms with Crippen LogP contribution in [0.1, 0.15) is 13.8 Å². The molecule has 14 heavy (non-hydrogen) atoms. The number of pyridine rings is 1. The molecule has 1 heterocycles. The summed E-state index contributed by atoms with van der Waals surface area (Å²) in [6.45, 7) is 3.64. The number of halogens is 1. The smallest absolute Gasteiger partial charge is 0.248 e. The van der Waals surface area contributed by atoms with E-state index in [0.717, 1.165) is 5.57 Å². The van der Waals surface area contributed by atoms with Crippen molar-refractivity contribution in [2.24, 2.45) is 0 Å². The van der Waals surface area contributed by atoms with E-state index in [4.69, 9.17) is 0 Å². The summed E-state index contributed by atoms with van der Waals surface area (Å²) in [5.41, 5.74) is 1.38. The predicted molar refractivity (Wildman–Crippen MR) is 52.3 cm³/mol. The fourth-order valence-corrected chi connectivity index (χ4v) is 0.890. The molecule has 0 aliphatic carbocycles. The van der Waals surface area contributed by atoms with Crippen LogP contribution < -0.4 is 5.32 Å². The molecule has 0 aliphatic rings. The second-order valence-corrected chi connectivity index (χ2v) is 3.08. The van der Waals surface area contributed by atoms with Crippen molar-refractivity contribution in [3.63, 3.8) is 0 Å². The topological polar surface area (TPSA) is 42.0 Å². The van der Waals surface area contributed by atoms with Gasteiger partial charge in [-0.2, -0.15) is 4.39 Å². The first-order valence-corrected chi connectivity index (χ1v) is 4.15. The van der Waals surface area contributed by atoms with Crippen molar-refractivity contribution in [1.82, 2.24) is 4.98 Å². The molecule has 0 radical (unpaired) electrons. The Morgan fingerprint density at radius 1 is 1.50 bits per heavy atom.